The van der Waals surface area contributed by atoms with E-state index in [1.54, 1.807) is 0 Å². The molecule has 0 spiro atoms. The fourth-order valence-electron chi connectivity index (χ4n) is 7.00. The molecule has 0 aromatic heterocycles. The number of carbonyl (C=O) groups is 3. The monoisotopic (exact) mass is 839 g/mol. The minimum atomic E-state index is -0.764. The summed E-state index contributed by atoms with van der Waals surface area (Å²) in [5, 5.41) is 0. The topological polar surface area (TPSA) is 78.9 Å². The van der Waals surface area contributed by atoms with Crippen LogP contribution >= 0.6 is 0 Å². The summed E-state index contributed by atoms with van der Waals surface area (Å²) < 4.78 is 16.6. The number of esters is 3. The van der Waals surface area contributed by atoms with Gasteiger partial charge in [-0.25, -0.2) is 0 Å². The normalized spacial score (nSPS) is 12.5. The number of hydrogen-bond acceptors (Lipinski definition) is 6. The smallest absolute Gasteiger partial charge is 0.306 e. The lowest BCUT2D eigenvalue weighted by Crippen LogP contribution is -2.30. The van der Waals surface area contributed by atoms with E-state index >= 15 is 0 Å². The molecule has 0 aliphatic carbocycles. The van der Waals surface area contributed by atoms with Crippen LogP contribution in [0.25, 0.3) is 0 Å². The Labute approximate surface area is 370 Å². The van der Waals surface area contributed by atoms with Gasteiger partial charge in [-0.05, 0) is 64.2 Å². The summed E-state index contributed by atoms with van der Waals surface area (Å²) in [6, 6.07) is 0. The summed E-state index contributed by atoms with van der Waals surface area (Å²) in [4.78, 5) is 37.4. The fraction of sp³-hybridized carbons (Fsp3) is 0.759. The first kappa shape index (κ1) is 57.1. The maximum Gasteiger partial charge on any atom is 0.306 e. The van der Waals surface area contributed by atoms with Crippen molar-refractivity contribution in [1.29, 1.82) is 0 Å². The third-order valence-electron chi connectivity index (χ3n) is 10.8. The molecular formula is C54H94O6. The van der Waals surface area contributed by atoms with E-state index in [1.165, 1.54) is 109 Å². The van der Waals surface area contributed by atoms with Crippen LogP contribution < -0.4 is 0 Å². The first-order chi connectivity index (χ1) is 29.5. The van der Waals surface area contributed by atoms with Crippen LogP contribution in [-0.2, 0) is 28.6 Å². The maximum atomic E-state index is 12.6. The van der Waals surface area contributed by atoms with Gasteiger partial charge in [0.2, 0.25) is 0 Å². The van der Waals surface area contributed by atoms with Crippen molar-refractivity contribution < 1.29 is 28.6 Å². The Morgan fingerprint density at radius 1 is 0.350 bits per heavy atom. The Bertz CT molecular complexity index is 1100. The predicted octanol–water partition coefficient (Wildman–Crippen LogP) is 16.5. The Hall–Kier alpha value is -2.89. The molecule has 0 saturated heterocycles. The van der Waals surface area contributed by atoms with Gasteiger partial charge in [0.25, 0.3) is 0 Å². The van der Waals surface area contributed by atoms with E-state index in [2.05, 4.69) is 81.5 Å². The van der Waals surface area contributed by atoms with Crippen molar-refractivity contribution in [2.75, 3.05) is 13.2 Å². The highest BCUT2D eigenvalue weighted by Crippen LogP contribution is 2.15. The summed E-state index contributed by atoms with van der Waals surface area (Å²) in [6.45, 7) is 6.41. The van der Waals surface area contributed by atoms with Crippen LogP contribution in [-0.4, -0.2) is 37.2 Å². The maximum absolute atomic E-state index is 12.6. The molecule has 346 valence electrons. The van der Waals surface area contributed by atoms with Crippen LogP contribution in [0.15, 0.2) is 60.8 Å². The molecule has 1 atom stereocenters. The summed E-state index contributed by atoms with van der Waals surface area (Å²) in [6.07, 6.45) is 59.8. The summed E-state index contributed by atoms with van der Waals surface area (Å²) >= 11 is 0. The molecule has 6 heteroatoms. The minimum absolute atomic E-state index is 0.0725. The van der Waals surface area contributed by atoms with Crippen molar-refractivity contribution in [1.82, 2.24) is 0 Å². The predicted molar refractivity (Wildman–Crippen MR) is 256 cm³/mol. The average molecular weight is 839 g/mol. The van der Waals surface area contributed by atoms with E-state index in [0.717, 1.165) is 96.3 Å². The quantitative estimate of drug-likeness (QED) is 0.0263. The minimum Gasteiger partial charge on any atom is -0.462 e. The van der Waals surface area contributed by atoms with Gasteiger partial charge in [0, 0.05) is 19.3 Å². The molecule has 0 aliphatic rings. The van der Waals surface area contributed by atoms with Gasteiger partial charge in [0.05, 0.1) is 0 Å². The fourth-order valence-corrected chi connectivity index (χ4v) is 7.00. The Kier molecular flexibility index (Phi) is 46.4. The zero-order valence-electron chi connectivity index (χ0n) is 39.5. The van der Waals surface area contributed by atoms with Crippen molar-refractivity contribution in [3.63, 3.8) is 0 Å². The zero-order valence-corrected chi connectivity index (χ0v) is 39.5. The number of hydrogen-bond donors (Lipinski definition) is 0. The van der Waals surface area contributed by atoms with Crippen LogP contribution in [0.5, 0.6) is 0 Å². The second kappa shape index (κ2) is 48.8. The average Bonchev–Trinajstić information content (AvgIpc) is 3.24. The molecule has 0 N–H and O–H groups in total. The molecule has 0 rings (SSSR count). The van der Waals surface area contributed by atoms with Crippen molar-refractivity contribution in [3.05, 3.63) is 60.8 Å². The second-order valence-electron chi connectivity index (χ2n) is 16.7. The summed E-state index contributed by atoms with van der Waals surface area (Å²) in [5.74, 6) is -0.890. The number of unbranched alkanes of at least 4 members (excludes halogenated alkanes) is 24. The van der Waals surface area contributed by atoms with Gasteiger partial charge in [-0.3, -0.25) is 14.4 Å². The summed E-state index contributed by atoms with van der Waals surface area (Å²) in [5.41, 5.74) is 0. The SMILES string of the molecule is CC/C=C\C/C=C\C/C=C\C/C=C\C/C=C\CCCCCCCCCCCCCCCC(=O)OCC(COC(=O)CCCCCCC)OC(=O)CCCCCCCCCC. The standard InChI is InChI=1S/C54H94O6/c1-4-7-10-13-15-17-18-19-20-21-22-23-24-25-26-27-28-29-30-31-32-33-34-35-36-37-39-41-44-47-53(56)59-50-51(49-58-52(55)46-43-40-12-9-6-3)60-54(57)48-45-42-38-16-14-11-8-5-2/h7,10,15,17,19-20,22-23,25-26,51H,4-6,8-9,11-14,16,18,21,24,27-50H2,1-3H3/b10-7-,17-15-,20-19-,23-22-,26-25-. The molecule has 0 saturated carbocycles. The van der Waals surface area contributed by atoms with Crippen LogP contribution in [0.3, 0.4) is 0 Å². The Morgan fingerprint density at radius 2 is 0.650 bits per heavy atom. The van der Waals surface area contributed by atoms with Crippen molar-refractivity contribution in [2.24, 2.45) is 0 Å². The molecule has 0 fully saturated rings. The highest BCUT2D eigenvalue weighted by molar-refractivity contribution is 5.71. The van der Waals surface area contributed by atoms with Gasteiger partial charge in [0.15, 0.2) is 6.10 Å². The molecule has 0 aliphatic heterocycles. The molecule has 0 aromatic rings. The highest BCUT2D eigenvalue weighted by Gasteiger charge is 2.19. The Balaban J connectivity index is 3.93. The lowest BCUT2D eigenvalue weighted by molar-refractivity contribution is -0.167. The third-order valence-corrected chi connectivity index (χ3v) is 10.8. The van der Waals surface area contributed by atoms with Gasteiger partial charge in [-0.1, -0.05) is 223 Å². The van der Waals surface area contributed by atoms with Crippen molar-refractivity contribution in [3.8, 4) is 0 Å². The van der Waals surface area contributed by atoms with E-state index in [0.29, 0.717) is 19.3 Å². The first-order valence-electron chi connectivity index (χ1n) is 25.3. The molecule has 0 bridgehead atoms. The molecular weight excluding hydrogens is 745 g/mol. The number of ether oxygens (including phenoxy) is 3. The largest absolute Gasteiger partial charge is 0.462 e. The van der Waals surface area contributed by atoms with Crippen molar-refractivity contribution >= 4 is 17.9 Å². The molecule has 0 radical (unpaired) electrons. The highest BCUT2D eigenvalue weighted by atomic mass is 16.6. The van der Waals surface area contributed by atoms with Crippen LogP contribution in [0.4, 0.5) is 0 Å². The number of carbonyl (C=O) groups excluding carboxylic acids is 3. The zero-order chi connectivity index (χ0) is 43.7. The van der Waals surface area contributed by atoms with E-state index in [9.17, 15) is 14.4 Å². The first-order valence-corrected chi connectivity index (χ1v) is 25.3. The molecule has 1 unspecified atom stereocenters. The van der Waals surface area contributed by atoms with Gasteiger partial charge in [-0.2, -0.15) is 0 Å². The van der Waals surface area contributed by atoms with Gasteiger partial charge >= 0.3 is 17.9 Å². The molecule has 0 aromatic carbocycles. The third kappa shape index (κ3) is 46.2. The Morgan fingerprint density at radius 3 is 1.02 bits per heavy atom. The van der Waals surface area contributed by atoms with Crippen molar-refractivity contribution in [2.45, 2.75) is 252 Å². The van der Waals surface area contributed by atoms with Crippen LogP contribution in [0, 0.1) is 0 Å². The lowest BCUT2D eigenvalue weighted by Gasteiger charge is -2.18. The molecule has 6 nitrogen and oxygen atoms in total. The van der Waals surface area contributed by atoms with Crippen LogP contribution in [0.2, 0.25) is 0 Å². The molecule has 0 amide bonds. The van der Waals surface area contributed by atoms with E-state index in [1.807, 2.05) is 0 Å². The van der Waals surface area contributed by atoms with E-state index < -0.39 is 6.10 Å². The van der Waals surface area contributed by atoms with Gasteiger partial charge < -0.3 is 14.2 Å². The van der Waals surface area contributed by atoms with Gasteiger partial charge in [-0.15, -0.1) is 0 Å². The summed E-state index contributed by atoms with van der Waals surface area (Å²) in [7, 11) is 0. The molecule has 60 heavy (non-hydrogen) atoms. The lowest BCUT2D eigenvalue weighted by atomic mass is 10.0. The van der Waals surface area contributed by atoms with Gasteiger partial charge in [0.1, 0.15) is 13.2 Å². The molecule has 0 heterocycles. The van der Waals surface area contributed by atoms with E-state index in [4.69, 9.17) is 14.2 Å². The van der Waals surface area contributed by atoms with E-state index in [-0.39, 0.29) is 31.1 Å². The number of rotatable bonds is 45. The van der Waals surface area contributed by atoms with Crippen LogP contribution in [0.1, 0.15) is 245 Å². The number of allylic oxidation sites excluding steroid dienone is 10. The second-order valence-corrected chi connectivity index (χ2v) is 16.7.